The van der Waals surface area contributed by atoms with E-state index < -0.39 is 0 Å². The Kier molecular flexibility index (Phi) is 5.17. The van der Waals surface area contributed by atoms with Crippen molar-refractivity contribution in [2.45, 2.75) is 25.7 Å². The van der Waals surface area contributed by atoms with Crippen molar-refractivity contribution in [3.05, 3.63) is 144 Å². The van der Waals surface area contributed by atoms with Gasteiger partial charge in [-0.1, -0.05) is 121 Å². The van der Waals surface area contributed by atoms with Crippen molar-refractivity contribution < 1.29 is 0 Å². The van der Waals surface area contributed by atoms with Crippen LogP contribution in [0.5, 0.6) is 0 Å². The average Bonchev–Trinajstić information content (AvgIpc) is 2.93. The number of benzene rings is 6. The summed E-state index contributed by atoms with van der Waals surface area (Å²) in [6, 6.07) is 45.0. The van der Waals surface area contributed by atoms with Crippen LogP contribution in [0.4, 0.5) is 0 Å². The van der Waals surface area contributed by atoms with E-state index in [9.17, 15) is 0 Å². The van der Waals surface area contributed by atoms with E-state index >= 15 is 0 Å². The minimum absolute atomic E-state index is 1.07. The third-order valence-corrected chi connectivity index (χ3v) is 7.80. The minimum atomic E-state index is 1.07. The first kappa shape index (κ1) is 21.1. The molecule has 0 spiro atoms. The van der Waals surface area contributed by atoms with Gasteiger partial charge in [-0.3, -0.25) is 0 Å². The molecule has 0 saturated carbocycles. The fraction of sp³-hybridized carbons (Fsp3) is 0.111. The monoisotopic (exact) mass is 460 g/mol. The maximum atomic E-state index is 2.39. The first-order valence-electron chi connectivity index (χ1n) is 13.0. The first-order chi connectivity index (χ1) is 17.8. The topological polar surface area (TPSA) is 0 Å². The maximum absolute atomic E-state index is 2.39. The zero-order chi connectivity index (χ0) is 23.9. The highest BCUT2D eigenvalue weighted by atomic mass is 14.3. The van der Waals surface area contributed by atoms with Gasteiger partial charge >= 0.3 is 0 Å². The smallest absolute Gasteiger partial charge is 0.00199 e. The summed E-state index contributed by atoms with van der Waals surface area (Å²) in [6.45, 7) is 0. The van der Waals surface area contributed by atoms with Crippen LogP contribution in [0.1, 0.15) is 22.3 Å². The molecule has 0 atom stereocenters. The highest BCUT2D eigenvalue weighted by molar-refractivity contribution is 6.21. The van der Waals surface area contributed by atoms with E-state index in [-0.39, 0.29) is 0 Å². The summed E-state index contributed by atoms with van der Waals surface area (Å²) in [7, 11) is 0. The van der Waals surface area contributed by atoms with Crippen LogP contribution in [0.3, 0.4) is 0 Å². The number of fused-ring (bicyclic) bond motifs is 8. The predicted molar refractivity (Wildman–Crippen MR) is 154 cm³/mol. The second-order valence-corrected chi connectivity index (χ2v) is 10.1. The summed E-state index contributed by atoms with van der Waals surface area (Å²) < 4.78 is 0. The van der Waals surface area contributed by atoms with Crippen LogP contribution in [0.15, 0.2) is 121 Å². The van der Waals surface area contributed by atoms with Crippen molar-refractivity contribution in [1.29, 1.82) is 0 Å². The second-order valence-electron chi connectivity index (χ2n) is 10.1. The van der Waals surface area contributed by atoms with Gasteiger partial charge in [0.15, 0.2) is 0 Å². The van der Waals surface area contributed by atoms with Crippen molar-refractivity contribution >= 4 is 21.5 Å². The highest BCUT2D eigenvalue weighted by Crippen LogP contribution is 2.53. The van der Waals surface area contributed by atoms with E-state index in [1.165, 1.54) is 66.1 Å². The Morgan fingerprint density at radius 2 is 0.750 bits per heavy atom. The molecule has 36 heavy (non-hydrogen) atoms. The van der Waals surface area contributed by atoms with E-state index in [0.29, 0.717) is 0 Å². The van der Waals surface area contributed by atoms with Crippen LogP contribution in [-0.4, -0.2) is 0 Å². The van der Waals surface area contributed by atoms with Gasteiger partial charge in [0, 0.05) is 0 Å². The van der Waals surface area contributed by atoms with Crippen molar-refractivity contribution in [1.82, 2.24) is 0 Å². The summed E-state index contributed by atoms with van der Waals surface area (Å²) in [4.78, 5) is 0. The Balaban J connectivity index is 1.16. The Bertz CT molecular complexity index is 1560. The molecule has 0 bridgehead atoms. The third-order valence-electron chi connectivity index (χ3n) is 7.80. The number of aryl methyl sites for hydroxylation is 4. The zero-order valence-corrected chi connectivity index (χ0v) is 20.4. The van der Waals surface area contributed by atoms with Crippen LogP contribution in [0.25, 0.3) is 43.8 Å². The van der Waals surface area contributed by atoms with Crippen LogP contribution < -0.4 is 0 Å². The Morgan fingerprint density at radius 3 is 1.19 bits per heavy atom. The first-order valence-corrected chi connectivity index (χ1v) is 13.0. The van der Waals surface area contributed by atoms with Gasteiger partial charge in [-0.15, -0.1) is 0 Å². The summed E-state index contributed by atoms with van der Waals surface area (Å²) in [5.41, 5.74) is 11.3. The predicted octanol–water partition coefficient (Wildman–Crippen LogP) is 9.21. The molecule has 0 amide bonds. The molecular weight excluding hydrogens is 432 g/mol. The van der Waals surface area contributed by atoms with E-state index in [4.69, 9.17) is 0 Å². The van der Waals surface area contributed by atoms with Crippen molar-refractivity contribution in [3.8, 4) is 22.3 Å². The molecule has 0 radical (unpaired) electrons. The maximum Gasteiger partial charge on any atom is -0.00199 e. The molecule has 0 heterocycles. The van der Waals surface area contributed by atoms with E-state index in [1.807, 2.05) is 0 Å². The molecule has 0 nitrogen and oxygen atoms in total. The molecule has 0 aromatic heterocycles. The highest BCUT2D eigenvalue weighted by Gasteiger charge is 2.26. The Hall–Kier alpha value is -4.16. The summed E-state index contributed by atoms with van der Waals surface area (Å²) >= 11 is 0. The Labute approximate surface area is 212 Å². The minimum Gasteiger partial charge on any atom is -0.0622 e. The van der Waals surface area contributed by atoms with Crippen LogP contribution in [0, 0.1) is 0 Å². The van der Waals surface area contributed by atoms with Crippen LogP contribution in [0.2, 0.25) is 0 Å². The molecule has 0 fully saturated rings. The fourth-order valence-electron chi connectivity index (χ4n) is 5.87. The van der Waals surface area contributed by atoms with Crippen molar-refractivity contribution in [2.24, 2.45) is 0 Å². The molecule has 6 aromatic carbocycles. The molecule has 0 unspecified atom stereocenters. The lowest BCUT2D eigenvalue weighted by atomic mass is 9.75. The molecule has 1 aliphatic carbocycles. The van der Waals surface area contributed by atoms with Crippen LogP contribution in [-0.2, 0) is 25.7 Å². The van der Waals surface area contributed by atoms with Gasteiger partial charge in [-0.05, 0) is 91.7 Å². The van der Waals surface area contributed by atoms with Gasteiger partial charge in [-0.2, -0.15) is 0 Å². The fourth-order valence-corrected chi connectivity index (χ4v) is 5.87. The van der Waals surface area contributed by atoms with E-state index in [0.717, 1.165) is 25.7 Å². The molecular formula is C36H28. The third kappa shape index (κ3) is 3.71. The summed E-state index contributed by atoms with van der Waals surface area (Å²) in [5.74, 6) is 0. The summed E-state index contributed by atoms with van der Waals surface area (Å²) in [5, 5.41) is 5.45. The van der Waals surface area contributed by atoms with Gasteiger partial charge in [0.05, 0.1) is 0 Å². The number of hydrogen-bond donors (Lipinski definition) is 0. The average molecular weight is 461 g/mol. The number of hydrogen-bond acceptors (Lipinski definition) is 0. The van der Waals surface area contributed by atoms with E-state index in [1.54, 1.807) is 0 Å². The zero-order valence-electron chi connectivity index (χ0n) is 20.4. The molecule has 172 valence electrons. The molecule has 7 rings (SSSR count). The molecule has 0 saturated heterocycles. The molecule has 0 heteroatoms. The quantitative estimate of drug-likeness (QED) is 0.232. The summed E-state index contributed by atoms with van der Waals surface area (Å²) in [6.07, 6.45) is 4.31. The lowest BCUT2D eigenvalue weighted by Gasteiger charge is -2.28. The van der Waals surface area contributed by atoms with Gasteiger partial charge in [0.25, 0.3) is 0 Å². The second kappa shape index (κ2) is 8.81. The molecule has 6 aromatic rings. The van der Waals surface area contributed by atoms with Gasteiger partial charge in [0.2, 0.25) is 0 Å². The molecule has 1 aliphatic rings. The largest absolute Gasteiger partial charge is 0.0622 e. The lowest BCUT2D eigenvalue weighted by molar-refractivity contribution is 0.962. The van der Waals surface area contributed by atoms with E-state index in [2.05, 4.69) is 121 Å². The SMILES string of the molecule is c1ccc(CCc2ccc3c4c(ccc3c2)-c2c-4ccc3cc(CCc4ccccc4)ccc23)cc1. The van der Waals surface area contributed by atoms with Gasteiger partial charge in [0.1, 0.15) is 0 Å². The number of rotatable bonds is 6. The standard InChI is InChI=1S/C36H28/c1-3-7-25(8-4-1)11-13-27-15-19-31-29(23-27)17-21-33-35(31)34-22-18-30-24-28(16-20-32(30)36(33)34)14-12-26-9-5-2-6-10-26/h1-10,15-24H,11-14H2. The van der Waals surface area contributed by atoms with Gasteiger partial charge < -0.3 is 0 Å². The van der Waals surface area contributed by atoms with Crippen LogP contribution >= 0.6 is 0 Å². The van der Waals surface area contributed by atoms with Crippen molar-refractivity contribution in [2.75, 3.05) is 0 Å². The molecule has 0 aliphatic heterocycles. The normalized spacial score (nSPS) is 11.8. The van der Waals surface area contributed by atoms with Crippen molar-refractivity contribution in [3.63, 3.8) is 0 Å². The Morgan fingerprint density at radius 1 is 0.333 bits per heavy atom. The lowest BCUT2D eigenvalue weighted by Crippen LogP contribution is -2.01. The molecule has 0 N–H and O–H groups in total. The van der Waals surface area contributed by atoms with Gasteiger partial charge in [-0.25, -0.2) is 0 Å².